The van der Waals surface area contributed by atoms with Crippen LogP contribution in [0, 0.1) is 17.2 Å². The van der Waals surface area contributed by atoms with Crippen molar-refractivity contribution in [2.45, 2.75) is 31.8 Å². The van der Waals surface area contributed by atoms with Gasteiger partial charge in [0, 0.05) is 61.9 Å². The van der Waals surface area contributed by atoms with Gasteiger partial charge in [0.1, 0.15) is 0 Å². The lowest BCUT2D eigenvalue weighted by molar-refractivity contribution is -0.117. The molecule has 1 saturated heterocycles. The number of hydrogen-bond donors (Lipinski definition) is 1. The van der Waals surface area contributed by atoms with Crippen LogP contribution in [0.2, 0.25) is 0 Å². The monoisotopic (exact) mass is 474 g/mol. The number of carbonyl (C=O) groups is 1. The Bertz CT molecular complexity index is 1520. The largest absolute Gasteiger partial charge is 0.340 e. The van der Waals surface area contributed by atoms with E-state index in [4.69, 9.17) is 5.26 Å². The van der Waals surface area contributed by atoms with Crippen molar-refractivity contribution < 1.29 is 4.79 Å². The van der Waals surface area contributed by atoms with E-state index in [9.17, 15) is 4.79 Å². The SMILES string of the molecule is N#Cc1ccc(-c2cc3n(c2)Cc2cc(N4C[C@@H](CNC5CC5)CC4=O)ccc2-n2ccnc2-3)cc1. The number of amides is 1. The smallest absolute Gasteiger partial charge is 0.227 e. The molecule has 2 aromatic carbocycles. The van der Waals surface area contributed by atoms with Gasteiger partial charge in [0.2, 0.25) is 5.91 Å². The number of rotatable bonds is 5. The zero-order valence-corrected chi connectivity index (χ0v) is 19.9. The van der Waals surface area contributed by atoms with Crippen molar-refractivity contribution in [2.75, 3.05) is 18.0 Å². The lowest BCUT2D eigenvalue weighted by atomic mass is 10.1. The molecule has 1 atom stereocenters. The number of carbonyl (C=O) groups excluding carboxylic acids is 1. The third-order valence-corrected chi connectivity index (χ3v) is 7.57. The summed E-state index contributed by atoms with van der Waals surface area (Å²) in [6.45, 7) is 2.37. The number of nitrogens with one attached hydrogen (secondary N) is 1. The molecule has 36 heavy (non-hydrogen) atoms. The van der Waals surface area contributed by atoms with Crippen LogP contribution in [0.4, 0.5) is 5.69 Å². The molecule has 2 fully saturated rings. The highest BCUT2D eigenvalue weighted by atomic mass is 16.2. The number of nitriles is 1. The number of benzene rings is 2. The molecule has 4 heterocycles. The number of hydrogen-bond acceptors (Lipinski definition) is 4. The molecule has 2 aliphatic heterocycles. The minimum atomic E-state index is 0.208. The summed E-state index contributed by atoms with van der Waals surface area (Å²) in [6, 6.07) is 19.0. The predicted octanol–water partition coefficient (Wildman–Crippen LogP) is 4.35. The van der Waals surface area contributed by atoms with E-state index in [-0.39, 0.29) is 5.91 Å². The summed E-state index contributed by atoms with van der Waals surface area (Å²) in [5.41, 5.74) is 7.06. The predicted molar refractivity (Wildman–Crippen MR) is 138 cm³/mol. The van der Waals surface area contributed by atoms with Crippen LogP contribution in [-0.2, 0) is 11.3 Å². The molecule has 1 amide bonds. The van der Waals surface area contributed by atoms with Gasteiger partial charge in [-0.25, -0.2) is 4.98 Å². The molecule has 3 aliphatic rings. The fourth-order valence-electron chi connectivity index (χ4n) is 5.48. The highest BCUT2D eigenvalue weighted by Crippen LogP contribution is 2.36. The van der Waals surface area contributed by atoms with Crippen LogP contribution in [0.5, 0.6) is 0 Å². The Balaban J connectivity index is 1.22. The highest BCUT2D eigenvalue weighted by molar-refractivity contribution is 5.96. The Hall–Kier alpha value is -4.15. The molecule has 4 aromatic rings. The second kappa shape index (κ2) is 8.21. The summed E-state index contributed by atoms with van der Waals surface area (Å²) in [6.07, 6.45) is 9.12. The van der Waals surface area contributed by atoms with Crippen LogP contribution >= 0.6 is 0 Å². The molecular formula is C29H26N6O. The molecule has 178 valence electrons. The van der Waals surface area contributed by atoms with E-state index < -0.39 is 0 Å². The number of imidazole rings is 1. The maximum absolute atomic E-state index is 12.9. The van der Waals surface area contributed by atoms with E-state index in [1.54, 1.807) is 0 Å². The Kier molecular flexibility index (Phi) is 4.83. The van der Waals surface area contributed by atoms with Gasteiger partial charge in [0.25, 0.3) is 0 Å². The number of nitrogens with zero attached hydrogens (tertiary/aromatic N) is 5. The van der Waals surface area contributed by atoms with Crippen molar-refractivity contribution in [3.63, 3.8) is 0 Å². The summed E-state index contributed by atoms with van der Waals surface area (Å²) >= 11 is 0. The minimum absolute atomic E-state index is 0.208. The molecule has 1 saturated carbocycles. The van der Waals surface area contributed by atoms with Crippen LogP contribution in [0.15, 0.2) is 67.1 Å². The first kappa shape index (κ1) is 21.2. The molecule has 1 N–H and O–H groups in total. The van der Waals surface area contributed by atoms with Gasteiger partial charge in [-0.05, 0) is 66.3 Å². The lowest BCUT2D eigenvalue weighted by Gasteiger charge is -2.20. The molecule has 7 heteroatoms. The Morgan fingerprint density at radius 1 is 1.08 bits per heavy atom. The average molecular weight is 475 g/mol. The fraction of sp³-hybridized carbons (Fsp3) is 0.276. The topological polar surface area (TPSA) is 78.9 Å². The molecule has 7 rings (SSSR count). The van der Waals surface area contributed by atoms with E-state index in [1.807, 2.05) is 41.6 Å². The van der Waals surface area contributed by atoms with Gasteiger partial charge in [0.05, 0.1) is 23.0 Å². The Labute approximate surface area is 209 Å². The van der Waals surface area contributed by atoms with E-state index in [2.05, 4.69) is 56.0 Å². The van der Waals surface area contributed by atoms with Gasteiger partial charge >= 0.3 is 0 Å². The first-order valence-corrected chi connectivity index (χ1v) is 12.6. The van der Waals surface area contributed by atoms with Gasteiger partial charge < -0.3 is 14.8 Å². The highest BCUT2D eigenvalue weighted by Gasteiger charge is 2.32. The molecule has 1 aliphatic carbocycles. The third kappa shape index (κ3) is 3.62. The molecule has 7 nitrogen and oxygen atoms in total. The molecule has 0 bridgehead atoms. The lowest BCUT2D eigenvalue weighted by Crippen LogP contribution is -2.28. The van der Waals surface area contributed by atoms with Crippen molar-refractivity contribution >= 4 is 11.6 Å². The number of aromatic nitrogens is 3. The van der Waals surface area contributed by atoms with E-state index in [0.717, 1.165) is 52.7 Å². The summed E-state index contributed by atoms with van der Waals surface area (Å²) in [7, 11) is 0. The summed E-state index contributed by atoms with van der Waals surface area (Å²) in [5, 5.41) is 12.7. The van der Waals surface area contributed by atoms with Gasteiger partial charge in [-0.3, -0.25) is 9.36 Å². The van der Waals surface area contributed by atoms with Crippen molar-refractivity contribution in [1.29, 1.82) is 5.26 Å². The van der Waals surface area contributed by atoms with Gasteiger partial charge in [-0.1, -0.05) is 12.1 Å². The van der Waals surface area contributed by atoms with Crippen molar-refractivity contribution in [3.8, 4) is 34.4 Å². The summed E-state index contributed by atoms with van der Waals surface area (Å²) in [4.78, 5) is 19.5. The van der Waals surface area contributed by atoms with E-state index in [0.29, 0.717) is 30.5 Å². The van der Waals surface area contributed by atoms with Gasteiger partial charge in [0.15, 0.2) is 5.82 Å². The van der Waals surface area contributed by atoms with Gasteiger partial charge in [-0.15, -0.1) is 0 Å². The van der Waals surface area contributed by atoms with Crippen LogP contribution in [0.1, 0.15) is 30.4 Å². The maximum Gasteiger partial charge on any atom is 0.227 e. The maximum atomic E-state index is 12.9. The first-order chi connectivity index (χ1) is 17.7. The van der Waals surface area contributed by atoms with Crippen LogP contribution in [0.3, 0.4) is 0 Å². The normalized spacial score (nSPS) is 18.4. The molecule has 0 radical (unpaired) electrons. The Morgan fingerprint density at radius 3 is 2.75 bits per heavy atom. The standard InChI is InChI=1S/C29H26N6O/c30-14-19-1-3-21(4-2-19)22-13-27-29-31-9-10-34(29)26-8-7-25(12-23(26)18-33(27)17-22)35-16-20(11-28(35)36)15-32-24-5-6-24/h1-4,7-10,12-13,17,20,24,32H,5-6,11,15-16,18H2/t20-/m1/s1. The van der Waals surface area contributed by atoms with Crippen LogP contribution < -0.4 is 10.2 Å². The quantitative estimate of drug-likeness (QED) is 0.411. The number of anilines is 1. The van der Waals surface area contributed by atoms with Crippen LogP contribution in [-0.4, -0.2) is 39.2 Å². The molecule has 2 aromatic heterocycles. The van der Waals surface area contributed by atoms with Crippen molar-refractivity contribution in [3.05, 3.63) is 78.2 Å². The molecular weight excluding hydrogens is 448 g/mol. The summed E-state index contributed by atoms with van der Waals surface area (Å²) < 4.78 is 4.37. The zero-order chi connectivity index (χ0) is 24.2. The van der Waals surface area contributed by atoms with E-state index in [1.165, 1.54) is 12.8 Å². The second-order valence-corrected chi connectivity index (χ2v) is 10.1. The Morgan fingerprint density at radius 2 is 1.94 bits per heavy atom. The van der Waals surface area contributed by atoms with E-state index >= 15 is 0 Å². The number of fused-ring (bicyclic) bond motifs is 5. The van der Waals surface area contributed by atoms with Crippen molar-refractivity contribution in [2.24, 2.45) is 5.92 Å². The van der Waals surface area contributed by atoms with Gasteiger partial charge in [-0.2, -0.15) is 5.26 Å². The van der Waals surface area contributed by atoms with Crippen LogP contribution in [0.25, 0.3) is 28.3 Å². The fourth-order valence-corrected chi connectivity index (χ4v) is 5.48. The molecule has 0 unspecified atom stereocenters. The average Bonchev–Trinajstić information content (AvgIpc) is 3.29. The second-order valence-electron chi connectivity index (χ2n) is 10.1. The third-order valence-electron chi connectivity index (χ3n) is 7.57. The van der Waals surface area contributed by atoms with Crippen molar-refractivity contribution in [1.82, 2.24) is 19.4 Å². The first-order valence-electron chi connectivity index (χ1n) is 12.6. The summed E-state index contributed by atoms with van der Waals surface area (Å²) in [5.74, 6) is 1.47. The minimum Gasteiger partial charge on any atom is -0.340 e. The molecule has 0 spiro atoms. The zero-order valence-electron chi connectivity index (χ0n) is 19.9.